The molecule has 19 heavy (non-hydrogen) atoms. The first-order chi connectivity index (χ1) is 9.29. The van der Waals surface area contributed by atoms with Crippen molar-refractivity contribution in [2.45, 2.75) is 70.8 Å². The molecular weight excluding hydrogens is 232 g/mol. The molecule has 0 unspecified atom stereocenters. The number of nitrogens with one attached hydrogen (secondary N) is 1. The van der Waals surface area contributed by atoms with Gasteiger partial charge in [-0.15, -0.1) is 0 Å². The number of hydrogen-bond donors (Lipinski definition) is 1. The fourth-order valence-corrected chi connectivity index (χ4v) is 3.95. The molecule has 0 bridgehead atoms. The third kappa shape index (κ3) is 5.07. The normalized spacial score (nSPS) is 29.2. The fourth-order valence-electron chi connectivity index (χ4n) is 3.95. The zero-order valence-electron chi connectivity index (χ0n) is 13.2. The minimum Gasteiger partial charge on any atom is -0.315 e. The molecule has 0 aliphatic heterocycles. The van der Waals surface area contributed by atoms with Gasteiger partial charge in [0.1, 0.15) is 0 Å². The van der Waals surface area contributed by atoms with Gasteiger partial charge in [0, 0.05) is 19.1 Å². The Kier molecular flexibility index (Phi) is 6.66. The zero-order valence-corrected chi connectivity index (χ0v) is 13.2. The molecule has 0 radical (unpaired) electrons. The lowest BCUT2D eigenvalue weighted by molar-refractivity contribution is 0.164. The molecule has 2 aliphatic carbocycles. The summed E-state index contributed by atoms with van der Waals surface area (Å²) in [6, 6.07) is 0.857. The van der Waals surface area contributed by atoms with Gasteiger partial charge in [0.25, 0.3) is 0 Å². The van der Waals surface area contributed by atoms with Crippen molar-refractivity contribution < 1.29 is 0 Å². The second-order valence-corrected chi connectivity index (χ2v) is 6.92. The standard InChI is InChI=1S/C17H34N2/c1-3-15-8-10-17(11-9-15)19(2)13-12-18-14-16-6-4-5-7-16/h15-18H,3-14H2,1-2H3. The molecule has 2 fully saturated rings. The average molecular weight is 266 g/mol. The van der Waals surface area contributed by atoms with Gasteiger partial charge in [-0.3, -0.25) is 0 Å². The van der Waals surface area contributed by atoms with Crippen LogP contribution in [0.2, 0.25) is 0 Å². The predicted molar refractivity (Wildman–Crippen MR) is 83.5 cm³/mol. The Morgan fingerprint density at radius 2 is 1.63 bits per heavy atom. The maximum Gasteiger partial charge on any atom is 0.0107 e. The van der Waals surface area contributed by atoms with Crippen molar-refractivity contribution in [2.24, 2.45) is 11.8 Å². The zero-order chi connectivity index (χ0) is 13.5. The highest BCUT2D eigenvalue weighted by Gasteiger charge is 2.22. The van der Waals surface area contributed by atoms with Crippen LogP contribution < -0.4 is 5.32 Å². The molecule has 0 saturated heterocycles. The molecule has 2 aliphatic rings. The summed E-state index contributed by atoms with van der Waals surface area (Å²) in [4.78, 5) is 2.60. The molecule has 2 rings (SSSR count). The number of rotatable bonds is 7. The first kappa shape index (κ1) is 15.3. The molecule has 2 heteroatoms. The Balaban J connectivity index is 1.53. The third-order valence-corrected chi connectivity index (χ3v) is 5.57. The monoisotopic (exact) mass is 266 g/mol. The van der Waals surface area contributed by atoms with Crippen molar-refractivity contribution in [3.05, 3.63) is 0 Å². The van der Waals surface area contributed by atoms with Crippen LogP contribution in [-0.4, -0.2) is 37.6 Å². The van der Waals surface area contributed by atoms with Gasteiger partial charge in [0.05, 0.1) is 0 Å². The minimum atomic E-state index is 0.857. The van der Waals surface area contributed by atoms with Crippen LogP contribution in [0.25, 0.3) is 0 Å². The molecule has 1 N–H and O–H groups in total. The van der Waals surface area contributed by atoms with Crippen LogP contribution in [-0.2, 0) is 0 Å². The largest absolute Gasteiger partial charge is 0.315 e. The van der Waals surface area contributed by atoms with Crippen molar-refractivity contribution in [2.75, 3.05) is 26.7 Å². The summed E-state index contributed by atoms with van der Waals surface area (Å²) in [5.41, 5.74) is 0. The number of likely N-dealkylation sites (N-methyl/N-ethyl adjacent to an activating group) is 1. The van der Waals surface area contributed by atoms with Gasteiger partial charge in [0.15, 0.2) is 0 Å². The Morgan fingerprint density at radius 1 is 0.947 bits per heavy atom. The lowest BCUT2D eigenvalue weighted by atomic mass is 9.84. The van der Waals surface area contributed by atoms with E-state index in [4.69, 9.17) is 0 Å². The quantitative estimate of drug-likeness (QED) is 0.707. The fraction of sp³-hybridized carbons (Fsp3) is 1.00. The smallest absolute Gasteiger partial charge is 0.0107 e. The van der Waals surface area contributed by atoms with Gasteiger partial charge < -0.3 is 10.2 Å². The average Bonchev–Trinajstić information content (AvgIpc) is 2.96. The van der Waals surface area contributed by atoms with Crippen molar-refractivity contribution in [1.29, 1.82) is 0 Å². The van der Waals surface area contributed by atoms with Crippen LogP contribution in [0.5, 0.6) is 0 Å². The second kappa shape index (κ2) is 8.26. The molecule has 0 aromatic carbocycles. The van der Waals surface area contributed by atoms with E-state index in [0.717, 1.165) is 17.9 Å². The molecule has 112 valence electrons. The van der Waals surface area contributed by atoms with Crippen LogP contribution in [0.1, 0.15) is 64.7 Å². The van der Waals surface area contributed by atoms with E-state index in [-0.39, 0.29) is 0 Å². The summed E-state index contributed by atoms with van der Waals surface area (Å²) in [5.74, 6) is 2.00. The highest BCUT2D eigenvalue weighted by molar-refractivity contribution is 4.78. The Bertz CT molecular complexity index is 227. The summed E-state index contributed by atoms with van der Waals surface area (Å²) in [5, 5.41) is 3.68. The Hall–Kier alpha value is -0.0800. The first-order valence-corrected chi connectivity index (χ1v) is 8.70. The summed E-state index contributed by atoms with van der Waals surface area (Å²) in [7, 11) is 2.33. The van der Waals surface area contributed by atoms with Crippen molar-refractivity contribution in [1.82, 2.24) is 10.2 Å². The number of nitrogens with zero attached hydrogens (tertiary/aromatic N) is 1. The van der Waals surface area contributed by atoms with Gasteiger partial charge in [-0.05, 0) is 64.0 Å². The first-order valence-electron chi connectivity index (χ1n) is 8.70. The topological polar surface area (TPSA) is 15.3 Å². The second-order valence-electron chi connectivity index (χ2n) is 6.92. The molecular formula is C17H34N2. The van der Waals surface area contributed by atoms with E-state index in [2.05, 4.69) is 24.2 Å². The Morgan fingerprint density at radius 3 is 2.26 bits per heavy atom. The van der Waals surface area contributed by atoms with E-state index in [1.165, 1.54) is 77.4 Å². The van der Waals surface area contributed by atoms with E-state index in [0.29, 0.717) is 0 Å². The van der Waals surface area contributed by atoms with E-state index in [1.54, 1.807) is 0 Å². The Labute approximate surface area is 120 Å². The molecule has 0 spiro atoms. The summed E-state index contributed by atoms with van der Waals surface area (Å²) in [6.07, 6.45) is 13.0. The minimum absolute atomic E-state index is 0.857. The van der Waals surface area contributed by atoms with Crippen molar-refractivity contribution >= 4 is 0 Å². The van der Waals surface area contributed by atoms with Crippen molar-refractivity contribution in [3.63, 3.8) is 0 Å². The predicted octanol–water partition coefficient (Wildman–Crippen LogP) is 3.67. The summed E-state index contributed by atoms with van der Waals surface area (Å²) >= 11 is 0. The molecule has 0 amide bonds. The maximum atomic E-state index is 3.68. The lowest BCUT2D eigenvalue weighted by Gasteiger charge is -2.34. The molecule has 0 aromatic rings. The van der Waals surface area contributed by atoms with E-state index in [1.807, 2.05) is 0 Å². The van der Waals surface area contributed by atoms with Crippen LogP contribution in [0, 0.1) is 11.8 Å². The van der Waals surface area contributed by atoms with E-state index < -0.39 is 0 Å². The molecule has 0 heterocycles. The molecule has 2 nitrogen and oxygen atoms in total. The number of hydrogen-bond acceptors (Lipinski definition) is 2. The van der Waals surface area contributed by atoms with Crippen LogP contribution >= 0.6 is 0 Å². The summed E-state index contributed by atoms with van der Waals surface area (Å²) < 4.78 is 0. The van der Waals surface area contributed by atoms with Crippen LogP contribution in [0.3, 0.4) is 0 Å². The SMILES string of the molecule is CCC1CCC(N(C)CCNCC2CCCC2)CC1. The van der Waals surface area contributed by atoms with Crippen molar-refractivity contribution in [3.8, 4) is 0 Å². The molecule has 0 aromatic heterocycles. The van der Waals surface area contributed by atoms with Gasteiger partial charge in [-0.2, -0.15) is 0 Å². The van der Waals surface area contributed by atoms with Crippen LogP contribution in [0.4, 0.5) is 0 Å². The van der Waals surface area contributed by atoms with Gasteiger partial charge in [-0.1, -0.05) is 26.2 Å². The van der Waals surface area contributed by atoms with E-state index in [9.17, 15) is 0 Å². The third-order valence-electron chi connectivity index (χ3n) is 5.57. The molecule has 2 saturated carbocycles. The highest BCUT2D eigenvalue weighted by atomic mass is 15.1. The molecule has 0 atom stereocenters. The van der Waals surface area contributed by atoms with Gasteiger partial charge >= 0.3 is 0 Å². The maximum absolute atomic E-state index is 3.68. The summed E-state index contributed by atoms with van der Waals surface area (Å²) in [6.45, 7) is 6.02. The van der Waals surface area contributed by atoms with Gasteiger partial charge in [0.2, 0.25) is 0 Å². The van der Waals surface area contributed by atoms with Crippen LogP contribution in [0.15, 0.2) is 0 Å². The van der Waals surface area contributed by atoms with E-state index >= 15 is 0 Å². The lowest BCUT2D eigenvalue weighted by Crippen LogP contribution is -2.39. The van der Waals surface area contributed by atoms with Gasteiger partial charge in [-0.25, -0.2) is 0 Å². The highest BCUT2D eigenvalue weighted by Crippen LogP contribution is 2.28.